The number of likely N-dealkylation sites (N-methyl/N-ethyl adjacent to an activating group) is 2. The Hall–Kier alpha value is -0.720. The highest BCUT2D eigenvalue weighted by atomic mass is 79.9. The maximum atomic E-state index is 4.79. The van der Waals surface area contributed by atoms with E-state index in [9.17, 15) is 0 Å². The number of piperazine rings is 1. The van der Waals surface area contributed by atoms with Gasteiger partial charge in [-0.1, -0.05) is 13.8 Å². The van der Waals surface area contributed by atoms with Gasteiger partial charge in [0.25, 0.3) is 0 Å². The quantitative estimate of drug-likeness (QED) is 0.896. The molecule has 1 saturated heterocycles. The van der Waals surface area contributed by atoms with Crippen LogP contribution >= 0.6 is 15.9 Å². The van der Waals surface area contributed by atoms with Crippen LogP contribution in [0.1, 0.15) is 31.3 Å². The molecule has 21 heavy (non-hydrogen) atoms. The van der Waals surface area contributed by atoms with Gasteiger partial charge in [-0.25, -0.2) is 9.97 Å². The van der Waals surface area contributed by atoms with E-state index in [1.165, 1.54) is 0 Å². The first kappa shape index (κ1) is 16.6. The third kappa shape index (κ3) is 3.93. The van der Waals surface area contributed by atoms with Gasteiger partial charge in [0.2, 0.25) is 0 Å². The summed E-state index contributed by atoms with van der Waals surface area (Å²) in [5, 5.41) is 3.17. The minimum absolute atomic E-state index is 0.375. The maximum Gasteiger partial charge on any atom is 0.144 e. The van der Waals surface area contributed by atoms with Crippen LogP contribution in [0, 0.1) is 0 Å². The average Bonchev–Trinajstić information content (AvgIpc) is 2.44. The average molecular weight is 356 g/mol. The fourth-order valence-electron chi connectivity index (χ4n) is 2.68. The number of aromatic nitrogens is 2. The molecule has 0 aliphatic carbocycles. The Balaban J connectivity index is 2.25. The van der Waals surface area contributed by atoms with Crippen LogP contribution in [0.5, 0.6) is 0 Å². The molecule has 0 spiro atoms. The molecule has 1 atom stereocenters. The van der Waals surface area contributed by atoms with Gasteiger partial charge in [0, 0.05) is 39.1 Å². The zero-order valence-corrected chi connectivity index (χ0v) is 15.2. The summed E-state index contributed by atoms with van der Waals surface area (Å²) in [7, 11) is 6.28. The van der Waals surface area contributed by atoms with E-state index in [0.29, 0.717) is 12.0 Å². The van der Waals surface area contributed by atoms with Crippen molar-refractivity contribution in [3.8, 4) is 0 Å². The number of nitrogens with zero attached hydrogens (tertiary/aromatic N) is 4. The highest BCUT2D eigenvalue weighted by Crippen LogP contribution is 2.29. The molecule has 1 unspecified atom stereocenters. The van der Waals surface area contributed by atoms with Gasteiger partial charge in [0.1, 0.15) is 11.6 Å². The molecule has 1 N–H and O–H groups in total. The molecule has 0 bridgehead atoms. The van der Waals surface area contributed by atoms with Gasteiger partial charge in [-0.15, -0.1) is 0 Å². The van der Waals surface area contributed by atoms with Crippen LogP contribution in [0.25, 0.3) is 0 Å². The number of hydrogen-bond donors (Lipinski definition) is 1. The molecule has 0 radical (unpaired) electrons. The van der Waals surface area contributed by atoms with Crippen molar-refractivity contribution in [2.45, 2.75) is 32.2 Å². The smallest absolute Gasteiger partial charge is 0.144 e. The van der Waals surface area contributed by atoms with Crippen molar-refractivity contribution >= 4 is 21.7 Å². The Labute approximate surface area is 136 Å². The highest BCUT2D eigenvalue weighted by molar-refractivity contribution is 9.10. The van der Waals surface area contributed by atoms with Gasteiger partial charge < -0.3 is 15.1 Å². The van der Waals surface area contributed by atoms with Gasteiger partial charge >= 0.3 is 0 Å². The molecule has 0 aromatic carbocycles. The van der Waals surface area contributed by atoms with E-state index in [4.69, 9.17) is 4.98 Å². The zero-order chi connectivity index (χ0) is 15.6. The van der Waals surface area contributed by atoms with Crippen molar-refractivity contribution in [1.29, 1.82) is 0 Å². The molecule has 118 valence electrons. The Morgan fingerprint density at radius 3 is 2.62 bits per heavy atom. The Bertz CT molecular complexity index is 491. The largest absolute Gasteiger partial charge is 0.372 e. The normalized spacial score (nSPS) is 21.0. The SMILES string of the molecule is CNc1nc(CC2CN(C)CCN2C)nc(C(C)C)c1Br. The predicted molar refractivity (Wildman–Crippen MR) is 91.0 cm³/mol. The van der Waals surface area contributed by atoms with E-state index in [-0.39, 0.29) is 0 Å². The fourth-order valence-corrected chi connectivity index (χ4v) is 3.52. The van der Waals surface area contributed by atoms with Crippen LogP contribution in [0.2, 0.25) is 0 Å². The lowest BCUT2D eigenvalue weighted by molar-refractivity contribution is 0.113. The van der Waals surface area contributed by atoms with Crippen molar-refractivity contribution in [2.75, 3.05) is 46.1 Å². The summed E-state index contributed by atoms with van der Waals surface area (Å²) in [4.78, 5) is 14.3. The van der Waals surface area contributed by atoms with Crippen LogP contribution in [-0.2, 0) is 6.42 Å². The Morgan fingerprint density at radius 1 is 1.29 bits per heavy atom. The van der Waals surface area contributed by atoms with E-state index in [0.717, 1.165) is 47.9 Å². The van der Waals surface area contributed by atoms with Crippen molar-refractivity contribution in [3.05, 3.63) is 16.0 Å². The molecule has 1 aromatic rings. The summed E-state index contributed by atoms with van der Waals surface area (Å²) in [6, 6.07) is 0.481. The van der Waals surface area contributed by atoms with E-state index in [1.54, 1.807) is 0 Å². The summed E-state index contributed by atoms with van der Waals surface area (Å²) < 4.78 is 0.984. The van der Waals surface area contributed by atoms with Crippen LogP contribution in [0.4, 0.5) is 5.82 Å². The monoisotopic (exact) mass is 355 g/mol. The minimum Gasteiger partial charge on any atom is -0.372 e. The molecule has 1 aliphatic heterocycles. The number of hydrogen-bond acceptors (Lipinski definition) is 5. The molecule has 0 amide bonds. The standard InChI is InChI=1S/C15H26BrN5/c1-10(2)14-13(16)15(17-3)19-12(18-14)8-11-9-20(4)6-7-21(11)5/h10-11H,6-9H2,1-5H3,(H,17,18,19). The van der Waals surface area contributed by atoms with Gasteiger partial charge in [-0.3, -0.25) is 0 Å². The van der Waals surface area contributed by atoms with Gasteiger partial charge in [-0.2, -0.15) is 0 Å². The van der Waals surface area contributed by atoms with Crippen molar-refractivity contribution in [3.63, 3.8) is 0 Å². The van der Waals surface area contributed by atoms with E-state index in [1.807, 2.05) is 7.05 Å². The van der Waals surface area contributed by atoms with E-state index >= 15 is 0 Å². The van der Waals surface area contributed by atoms with Crippen molar-refractivity contribution in [2.24, 2.45) is 0 Å². The third-order valence-corrected chi connectivity index (χ3v) is 4.89. The first-order valence-corrected chi connectivity index (χ1v) is 8.34. The van der Waals surface area contributed by atoms with E-state index < -0.39 is 0 Å². The summed E-state index contributed by atoms with van der Waals surface area (Å²) in [6.07, 6.45) is 0.891. The molecule has 2 heterocycles. The Morgan fingerprint density at radius 2 is 2.00 bits per heavy atom. The second-order valence-corrected chi connectivity index (χ2v) is 6.99. The van der Waals surface area contributed by atoms with Gasteiger partial charge in [0.15, 0.2) is 0 Å². The number of halogens is 1. The first-order valence-electron chi connectivity index (χ1n) is 7.55. The number of anilines is 1. The highest BCUT2D eigenvalue weighted by Gasteiger charge is 2.24. The predicted octanol–water partition coefficient (Wildman–Crippen LogP) is 2.19. The molecule has 0 saturated carbocycles. The van der Waals surface area contributed by atoms with Crippen LogP contribution in [-0.4, -0.2) is 66.6 Å². The zero-order valence-electron chi connectivity index (χ0n) is 13.6. The molecule has 2 rings (SSSR count). The molecule has 1 aliphatic rings. The van der Waals surface area contributed by atoms with Crippen LogP contribution in [0.15, 0.2) is 4.47 Å². The molecular formula is C15H26BrN5. The van der Waals surface area contributed by atoms with Crippen LogP contribution in [0.3, 0.4) is 0 Å². The summed E-state index contributed by atoms with van der Waals surface area (Å²) in [5.41, 5.74) is 1.08. The lowest BCUT2D eigenvalue weighted by atomic mass is 10.1. The van der Waals surface area contributed by atoms with Crippen molar-refractivity contribution in [1.82, 2.24) is 19.8 Å². The molecule has 6 heteroatoms. The lowest BCUT2D eigenvalue weighted by Gasteiger charge is -2.37. The topological polar surface area (TPSA) is 44.3 Å². The van der Waals surface area contributed by atoms with Crippen molar-refractivity contribution < 1.29 is 0 Å². The summed E-state index contributed by atoms with van der Waals surface area (Å²) in [5.74, 6) is 2.19. The maximum absolute atomic E-state index is 4.79. The van der Waals surface area contributed by atoms with Crippen LogP contribution < -0.4 is 5.32 Å². The number of nitrogens with one attached hydrogen (secondary N) is 1. The fraction of sp³-hybridized carbons (Fsp3) is 0.733. The second-order valence-electron chi connectivity index (χ2n) is 6.19. The molecule has 1 aromatic heterocycles. The summed E-state index contributed by atoms with van der Waals surface area (Å²) >= 11 is 3.62. The lowest BCUT2D eigenvalue weighted by Crippen LogP contribution is -2.51. The van der Waals surface area contributed by atoms with Gasteiger partial charge in [-0.05, 0) is 35.9 Å². The van der Waals surface area contributed by atoms with E-state index in [2.05, 4.69) is 64.0 Å². The first-order chi connectivity index (χ1) is 9.92. The summed E-state index contributed by atoms with van der Waals surface area (Å²) in [6.45, 7) is 7.64. The Kier molecular flexibility index (Phi) is 5.57. The second kappa shape index (κ2) is 7.03. The minimum atomic E-state index is 0.375. The van der Waals surface area contributed by atoms with Gasteiger partial charge in [0.05, 0.1) is 10.2 Å². The molecule has 1 fully saturated rings. The molecule has 5 nitrogen and oxygen atoms in total. The third-order valence-electron chi connectivity index (χ3n) is 4.11. The number of rotatable bonds is 4. The molecular weight excluding hydrogens is 330 g/mol.